The number of alkyl halides is 3. The van der Waals surface area contributed by atoms with Gasteiger partial charge in [0.2, 0.25) is 0 Å². The van der Waals surface area contributed by atoms with E-state index in [9.17, 15) is 13.2 Å². The lowest BCUT2D eigenvalue weighted by Gasteiger charge is -2.04. The largest absolute Gasteiger partial charge is 0.393 e. The van der Waals surface area contributed by atoms with Crippen LogP contribution in [0.4, 0.5) is 19.0 Å². The van der Waals surface area contributed by atoms with Crippen molar-refractivity contribution in [3.05, 3.63) is 30.0 Å². The van der Waals surface area contributed by atoms with Crippen molar-refractivity contribution < 1.29 is 13.2 Å². The molecular weight excluding hydrogens is 207 g/mol. The number of halogens is 3. The lowest BCUT2D eigenvalue weighted by Crippen LogP contribution is -2.11. The van der Waals surface area contributed by atoms with E-state index in [1.807, 2.05) is 0 Å². The average molecular weight is 215 g/mol. The number of aromatic nitrogens is 2. The van der Waals surface area contributed by atoms with Gasteiger partial charge in [0.1, 0.15) is 5.82 Å². The Morgan fingerprint density at radius 2 is 2.07 bits per heavy atom. The first-order chi connectivity index (χ1) is 6.97. The normalized spacial score (nSPS) is 12.2. The number of nitrogens with two attached hydrogens (primary N) is 1. The molecule has 0 bridgehead atoms. The number of nitrogen functional groups attached to an aromatic ring is 1. The van der Waals surface area contributed by atoms with Gasteiger partial charge in [-0.3, -0.25) is 0 Å². The predicted octanol–water partition coefficient (Wildman–Crippen LogP) is 2.02. The maximum Gasteiger partial charge on any atom is 0.393 e. The average Bonchev–Trinajstić information content (AvgIpc) is 2.48. The first-order valence-electron chi connectivity index (χ1n) is 4.25. The molecule has 0 radical (unpaired) electrons. The van der Waals surface area contributed by atoms with Crippen molar-refractivity contribution in [3.8, 4) is 0 Å². The monoisotopic (exact) mass is 215 g/mol. The molecule has 0 aliphatic heterocycles. The van der Waals surface area contributed by atoms with Gasteiger partial charge in [-0.1, -0.05) is 6.07 Å². The van der Waals surface area contributed by atoms with Crippen LogP contribution in [0.2, 0.25) is 0 Å². The highest BCUT2D eigenvalue weighted by molar-refractivity contribution is 5.58. The molecule has 2 aromatic rings. The second kappa shape index (κ2) is 3.15. The maximum absolute atomic E-state index is 12.2. The van der Waals surface area contributed by atoms with Crippen LogP contribution >= 0.6 is 0 Å². The van der Waals surface area contributed by atoms with Crippen molar-refractivity contribution in [1.29, 1.82) is 0 Å². The van der Waals surface area contributed by atoms with Crippen LogP contribution in [-0.4, -0.2) is 15.8 Å². The molecule has 0 aliphatic carbocycles. The molecule has 6 heteroatoms. The molecule has 0 fully saturated rings. The first-order valence-corrected chi connectivity index (χ1v) is 4.25. The fraction of sp³-hybridized carbons (Fsp3) is 0.222. The number of hydrogen-bond acceptors (Lipinski definition) is 2. The van der Waals surface area contributed by atoms with Gasteiger partial charge in [-0.05, 0) is 12.1 Å². The second-order valence-electron chi connectivity index (χ2n) is 3.21. The fourth-order valence-corrected chi connectivity index (χ4v) is 1.44. The Hall–Kier alpha value is -1.72. The number of pyridine rings is 1. The predicted molar refractivity (Wildman–Crippen MR) is 49.4 cm³/mol. The van der Waals surface area contributed by atoms with Gasteiger partial charge < -0.3 is 5.73 Å². The molecular formula is C9H8F3N3. The Labute approximate surface area is 83.3 Å². The van der Waals surface area contributed by atoms with E-state index in [0.717, 1.165) is 0 Å². The van der Waals surface area contributed by atoms with Crippen LogP contribution in [0.3, 0.4) is 0 Å². The highest BCUT2D eigenvalue weighted by atomic mass is 19.4. The minimum atomic E-state index is -4.23. The van der Waals surface area contributed by atoms with Crippen LogP contribution in [0.1, 0.15) is 5.56 Å². The molecule has 0 aromatic carbocycles. The summed E-state index contributed by atoms with van der Waals surface area (Å²) in [7, 11) is 0. The Kier molecular flexibility index (Phi) is 2.06. The molecule has 0 aliphatic rings. The molecule has 2 rings (SSSR count). The Morgan fingerprint density at radius 3 is 2.73 bits per heavy atom. The van der Waals surface area contributed by atoms with Gasteiger partial charge in [-0.25, -0.2) is 4.52 Å². The molecule has 0 saturated heterocycles. The summed E-state index contributed by atoms with van der Waals surface area (Å²) in [6, 6.07) is 4.74. The van der Waals surface area contributed by atoms with E-state index < -0.39 is 12.6 Å². The topological polar surface area (TPSA) is 43.3 Å². The molecule has 2 heterocycles. The molecule has 0 unspecified atom stereocenters. The van der Waals surface area contributed by atoms with Crippen LogP contribution < -0.4 is 5.73 Å². The molecule has 15 heavy (non-hydrogen) atoms. The number of anilines is 1. The standard InChI is InChI=1S/C9H8F3N3/c10-9(11,12)4-6-5-14-15-7(6)2-1-3-8(15)13/h1-3,5H,4,13H2. The summed E-state index contributed by atoms with van der Waals surface area (Å²) in [6.07, 6.45) is -4.02. The van der Waals surface area contributed by atoms with E-state index in [1.165, 1.54) is 10.7 Å². The zero-order valence-electron chi connectivity index (χ0n) is 7.62. The molecule has 0 amide bonds. The Morgan fingerprint density at radius 1 is 1.33 bits per heavy atom. The van der Waals surface area contributed by atoms with E-state index in [2.05, 4.69) is 5.10 Å². The lowest BCUT2D eigenvalue weighted by atomic mass is 10.2. The minimum absolute atomic E-state index is 0.134. The van der Waals surface area contributed by atoms with Gasteiger partial charge in [-0.2, -0.15) is 18.3 Å². The number of hydrogen-bond donors (Lipinski definition) is 1. The van der Waals surface area contributed by atoms with Crippen LogP contribution in [0.5, 0.6) is 0 Å². The molecule has 0 saturated carbocycles. The Bertz CT molecular complexity index is 487. The minimum Gasteiger partial charge on any atom is -0.384 e. The third-order valence-electron chi connectivity index (χ3n) is 2.04. The van der Waals surface area contributed by atoms with Crippen molar-refractivity contribution in [3.63, 3.8) is 0 Å². The van der Waals surface area contributed by atoms with Gasteiger partial charge in [-0.15, -0.1) is 0 Å². The summed E-state index contributed by atoms with van der Waals surface area (Å²) >= 11 is 0. The van der Waals surface area contributed by atoms with Crippen molar-refractivity contribution in [2.24, 2.45) is 0 Å². The van der Waals surface area contributed by atoms with Gasteiger partial charge >= 0.3 is 6.18 Å². The third-order valence-corrected chi connectivity index (χ3v) is 2.04. The van der Waals surface area contributed by atoms with Crippen molar-refractivity contribution in [2.75, 3.05) is 5.73 Å². The highest BCUT2D eigenvalue weighted by Gasteiger charge is 2.29. The lowest BCUT2D eigenvalue weighted by molar-refractivity contribution is -0.127. The van der Waals surface area contributed by atoms with Crippen LogP contribution in [0, 0.1) is 0 Å². The molecule has 3 nitrogen and oxygen atoms in total. The number of fused-ring (bicyclic) bond motifs is 1. The van der Waals surface area contributed by atoms with E-state index in [1.54, 1.807) is 18.2 Å². The van der Waals surface area contributed by atoms with Gasteiger partial charge in [0.25, 0.3) is 0 Å². The van der Waals surface area contributed by atoms with Crippen molar-refractivity contribution in [1.82, 2.24) is 9.61 Å². The number of rotatable bonds is 1. The summed E-state index contributed by atoms with van der Waals surface area (Å²) in [5.74, 6) is 0.320. The maximum atomic E-state index is 12.2. The van der Waals surface area contributed by atoms with Gasteiger partial charge in [0.05, 0.1) is 18.1 Å². The van der Waals surface area contributed by atoms with Crippen molar-refractivity contribution in [2.45, 2.75) is 12.6 Å². The van der Waals surface area contributed by atoms with E-state index in [4.69, 9.17) is 5.73 Å². The first kappa shape index (κ1) is 9.82. The van der Waals surface area contributed by atoms with Crippen molar-refractivity contribution >= 4 is 11.3 Å². The summed E-state index contributed by atoms with van der Waals surface area (Å²) in [6.45, 7) is 0. The Balaban J connectivity index is 2.50. The summed E-state index contributed by atoms with van der Waals surface area (Å²) in [4.78, 5) is 0. The highest BCUT2D eigenvalue weighted by Crippen LogP contribution is 2.24. The van der Waals surface area contributed by atoms with Gasteiger partial charge in [0.15, 0.2) is 0 Å². The third kappa shape index (κ3) is 1.88. The smallest absolute Gasteiger partial charge is 0.384 e. The van der Waals surface area contributed by atoms with E-state index in [-0.39, 0.29) is 5.56 Å². The van der Waals surface area contributed by atoms with Crippen LogP contribution in [0.15, 0.2) is 24.4 Å². The molecule has 0 atom stereocenters. The number of nitrogens with zero attached hydrogens (tertiary/aromatic N) is 2. The second-order valence-corrected chi connectivity index (χ2v) is 3.21. The van der Waals surface area contributed by atoms with Gasteiger partial charge in [0, 0.05) is 5.56 Å². The quantitative estimate of drug-likeness (QED) is 0.790. The zero-order valence-corrected chi connectivity index (χ0v) is 7.62. The fourth-order valence-electron chi connectivity index (χ4n) is 1.44. The van der Waals surface area contributed by atoms with Crippen LogP contribution in [0.25, 0.3) is 5.52 Å². The summed E-state index contributed by atoms with van der Waals surface area (Å²) < 4.78 is 37.8. The molecule has 2 aromatic heterocycles. The zero-order chi connectivity index (χ0) is 11.1. The van der Waals surface area contributed by atoms with Crippen LogP contribution in [-0.2, 0) is 6.42 Å². The molecule has 2 N–H and O–H groups in total. The summed E-state index contributed by atoms with van der Waals surface area (Å²) in [5.41, 5.74) is 6.08. The van der Waals surface area contributed by atoms with E-state index >= 15 is 0 Å². The molecule has 0 spiro atoms. The molecule has 80 valence electrons. The summed E-state index contributed by atoms with van der Waals surface area (Å²) in [5, 5.41) is 3.79. The van der Waals surface area contributed by atoms with E-state index in [0.29, 0.717) is 11.3 Å². The SMILES string of the molecule is Nc1cccc2c(CC(F)(F)F)cnn12.